The zero-order chi connectivity index (χ0) is 24.4. The van der Waals surface area contributed by atoms with Gasteiger partial charge in [-0.25, -0.2) is 9.50 Å². The van der Waals surface area contributed by atoms with E-state index in [1.54, 1.807) is 22.8 Å². The molecule has 0 unspecified atom stereocenters. The Morgan fingerprint density at radius 2 is 2.09 bits per heavy atom. The molecule has 0 radical (unpaired) electrons. The minimum absolute atomic E-state index is 0.0102. The molecular formula is C26H26N6O3. The highest BCUT2D eigenvalue weighted by Gasteiger charge is 2.22. The van der Waals surface area contributed by atoms with Crippen molar-refractivity contribution in [2.45, 2.75) is 26.3 Å². The maximum atomic E-state index is 12.9. The van der Waals surface area contributed by atoms with E-state index in [0.717, 1.165) is 17.0 Å². The first-order valence-corrected chi connectivity index (χ1v) is 11.5. The fourth-order valence-electron chi connectivity index (χ4n) is 3.67. The topological polar surface area (TPSA) is 113 Å². The van der Waals surface area contributed by atoms with E-state index < -0.39 is 11.5 Å². The van der Waals surface area contributed by atoms with E-state index in [9.17, 15) is 9.59 Å². The Bertz CT molecular complexity index is 1470. The van der Waals surface area contributed by atoms with Gasteiger partial charge in [-0.3, -0.25) is 9.59 Å². The maximum absolute atomic E-state index is 12.9. The number of imidazole rings is 1. The first kappa shape index (κ1) is 22.4. The third kappa shape index (κ3) is 5.24. The second-order valence-electron chi connectivity index (χ2n) is 8.73. The second kappa shape index (κ2) is 9.46. The molecule has 3 heterocycles. The first-order chi connectivity index (χ1) is 17.0. The number of hydrogen-bond donors (Lipinski definition) is 3. The fourth-order valence-corrected chi connectivity index (χ4v) is 3.67. The molecule has 0 atom stereocenters. The van der Waals surface area contributed by atoms with Crippen molar-refractivity contribution in [3.8, 4) is 17.0 Å². The van der Waals surface area contributed by atoms with Gasteiger partial charge in [0.25, 0.3) is 11.5 Å². The summed E-state index contributed by atoms with van der Waals surface area (Å²) in [6, 6.07) is 12.8. The van der Waals surface area contributed by atoms with Crippen LogP contribution in [-0.2, 0) is 6.54 Å². The van der Waals surface area contributed by atoms with Crippen LogP contribution in [0.2, 0.25) is 0 Å². The molecule has 35 heavy (non-hydrogen) atoms. The Kier molecular flexibility index (Phi) is 6.05. The van der Waals surface area contributed by atoms with E-state index >= 15 is 0 Å². The van der Waals surface area contributed by atoms with E-state index in [1.807, 2.05) is 37.3 Å². The minimum Gasteiger partial charge on any atom is -0.493 e. The van der Waals surface area contributed by atoms with Gasteiger partial charge in [-0.15, -0.1) is 0 Å². The lowest BCUT2D eigenvalue weighted by molar-refractivity contribution is 0.0949. The molecule has 3 N–H and O–H groups in total. The summed E-state index contributed by atoms with van der Waals surface area (Å²) in [6.07, 6.45) is 5.69. The van der Waals surface area contributed by atoms with Gasteiger partial charge < -0.3 is 20.4 Å². The van der Waals surface area contributed by atoms with E-state index in [4.69, 9.17) is 4.74 Å². The van der Waals surface area contributed by atoms with Gasteiger partial charge in [0, 0.05) is 29.6 Å². The van der Waals surface area contributed by atoms with Crippen LogP contribution in [0, 0.1) is 5.92 Å². The maximum Gasteiger partial charge on any atom is 0.260 e. The number of hydrogen-bond acceptors (Lipinski definition) is 6. The molecule has 1 amide bonds. The van der Waals surface area contributed by atoms with Crippen LogP contribution >= 0.6 is 0 Å². The number of pyridine rings is 1. The molecule has 1 saturated carbocycles. The predicted molar refractivity (Wildman–Crippen MR) is 133 cm³/mol. The third-order valence-electron chi connectivity index (χ3n) is 5.69. The largest absolute Gasteiger partial charge is 0.493 e. The molecular weight excluding hydrogens is 444 g/mol. The Labute approximate surface area is 201 Å². The molecule has 178 valence electrons. The molecule has 9 heteroatoms. The molecule has 0 spiro atoms. The lowest BCUT2D eigenvalue weighted by Gasteiger charge is -2.12. The molecule has 0 aliphatic heterocycles. The van der Waals surface area contributed by atoms with Crippen LogP contribution in [-0.4, -0.2) is 32.1 Å². The molecule has 1 aromatic carbocycles. The number of aromatic nitrogens is 4. The van der Waals surface area contributed by atoms with Crippen molar-refractivity contribution in [3.63, 3.8) is 0 Å². The fraction of sp³-hybridized carbons (Fsp3) is 0.231. The zero-order valence-electron chi connectivity index (χ0n) is 19.4. The number of ether oxygens (including phenoxy) is 1. The Balaban J connectivity index is 1.33. The molecule has 3 aromatic heterocycles. The van der Waals surface area contributed by atoms with Gasteiger partial charge in [0.05, 0.1) is 18.5 Å². The highest BCUT2D eigenvalue weighted by Crippen LogP contribution is 2.30. The van der Waals surface area contributed by atoms with Crippen LogP contribution in [0.1, 0.15) is 35.7 Å². The second-order valence-corrected chi connectivity index (χ2v) is 8.73. The van der Waals surface area contributed by atoms with Crippen molar-refractivity contribution < 1.29 is 9.53 Å². The van der Waals surface area contributed by atoms with Gasteiger partial charge in [0.15, 0.2) is 11.5 Å². The van der Waals surface area contributed by atoms with Crippen molar-refractivity contribution in [1.82, 2.24) is 24.9 Å². The molecule has 9 nitrogen and oxygen atoms in total. The van der Waals surface area contributed by atoms with Crippen molar-refractivity contribution in [2.24, 2.45) is 5.92 Å². The quantitative estimate of drug-likeness (QED) is 0.343. The number of aromatic amines is 1. The van der Waals surface area contributed by atoms with Crippen LogP contribution in [0.25, 0.3) is 16.9 Å². The van der Waals surface area contributed by atoms with Gasteiger partial charge in [-0.2, -0.15) is 5.10 Å². The van der Waals surface area contributed by atoms with Crippen LogP contribution < -0.4 is 20.9 Å². The summed E-state index contributed by atoms with van der Waals surface area (Å²) in [4.78, 5) is 32.4. The Morgan fingerprint density at radius 3 is 2.89 bits per heavy atom. The van der Waals surface area contributed by atoms with E-state index in [1.165, 1.54) is 19.0 Å². The first-order valence-electron chi connectivity index (χ1n) is 11.5. The summed E-state index contributed by atoms with van der Waals surface area (Å²) in [6.45, 7) is 6.60. The Morgan fingerprint density at radius 1 is 1.26 bits per heavy atom. The zero-order valence-corrected chi connectivity index (χ0v) is 19.4. The summed E-state index contributed by atoms with van der Waals surface area (Å²) in [7, 11) is 0. The number of amides is 1. The number of fused-ring (bicyclic) bond motifs is 1. The average Bonchev–Trinajstić information content (AvgIpc) is 3.59. The minimum atomic E-state index is -0.471. The van der Waals surface area contributed by atoms with Crippen LogP contribution in [0.3, 0.4) is 0 Å². The highest BCUT2D eigenvalue weighted by molar-refractivity contribution is 5.94. The number of allylic oxidation sites excluding steroid dienone is 1. The number of carbonyl (C=O) groups excluding carboxylic acids is 1. The standard InChI is InChI=1S/C26H26N6O3/c1-16(2)29-23-14-32-24(30-23)10-9-21(31-32)19-11-20(26(34)28-13-19)25(33)27-12-18-5-3-4-6-22(18)35-15-17-7-8-17/h3-6,9-11,13-14,17,29H,1,7-8,12,15H2,2H3,(H,27,33)(H,28,34). The molecule has 5 rings (SSSR count). The van der Waals surface area contributed by atoms with Gasteiger partial charge >= 0.3 is 0 Å². The average molecular weight is 471 g/mol. The van der Waals surface area contributed by atoms with Crippen molar-refractivity contribution >= 4 is 17.4 Å². The molecule has 1 aliphatic rings. The van der Waals surface area contributed by atoms with E-state index in [2.05, 4.69) is 32.3 Å². The normalized spacial score (nSPS) is 12.9. The summed E-state index contributed by atoms with van der Waals surface area (Å²) in [5.74, 6) is 1.54. The number of carbonyl (C=O) groups is 1. The lowest BCUT2D eigenvalue weighted by atomic mass is 10.1. The van der Waals surface area contributed by atoms with Crippen molar-refractivity contribution in [3.05, 3.63) is 88.6 Å². The van der Waals surface area contributed by atoms with Crippen LogP contribution in [0.5, 0.6) is 5.75 Å². The number of anilines is 1. The van der Waals surface area contributed by atoms with Crippen molar-refractivity contribution in [2.75, 3.05) is 11.9 Å². The van der Waals surface area contributed by atoms with Gasteiger partial charge in [0.2, 0.25) is 0 Å². The summed E-state index contributed by atoms with van der Waals surface area (Å²) in [5.41, 5.74) is 3.01. The Hall–Kier alpha value is -4.40. The number of benzene rings is 1. The van der Waals surface area contributed by atoms with Gasteiger partial charge in [0.1, 0.15) is 11.3 Å². The number of nitrogens with zero attached hydrogens (tertiary/aromatic N) is 3. The highest BCUT2D eigenvalue weighted by atomic mass is 16.5. The van der Waals surface area contributed by atoms with Crippen molar-refractivity contribution in [1.29, 1.82) is 0 Å². The van der Waals surface area contributed by atoms with Crippen LogP contribution in [0.4, 0.5) is 5.82 Å². The summed E-state index contributed by atoms with van der Waals surface area (Å²) in [5, 5.41) is 10.5. The molecule has 4 aromatic rings. The number of nitrogens with one attached hydrogen (secondary N) is 3. The SMILES string of the molecule is C=C(C)Nc1cn2nc(-c3c[nH]c(=O)c(C(=O)NCc4ccccc4OCC4CC4)c3)ccc2n1. The molecule has 1 fully saturated rings. The number of para-hydroxylation sites is 1. The number of rotatable bonds is 9. The number of H-pyrrole nitrogens is 1. The van der Waals surface area contributed by atoms with E-state index in [-0.39, 0.29) is 12.1 Å². The lowest BCUT2D eigenvalue weighted by Crippen LogP contribution is -2.29. The monoisotopic (exact) mass is 470 g/mol. The molecule has 0 bridgehead atoms. The summed E-state index contributed by atoms with van der Waals surface area (Å²) >= 11 is 0. The van der Waals surface area contributed by atoms with E-state index in [0.29, 0.717) is 35.2 Å². The van der Waals surface area contributed by atoms with Crippen LogP contribution in [0.15, 0.2) is 71.9 Å². The van der Waals surface area contributed by atoms with Gasteiger partial charge in [-0.1, -0.05) is 24.8 Å². The third-order valence-corrected chi connectivity index (χ3v) is 5.69. The summed E-state index contributed by atoms with van der Waals surface area (Å²) < 4.78 is 7.54. The smallest absolute Gasteiger partial charge is 0.260 e. The molecule has 1 aliphatic carbocycles. The molecule has 0 saturated heterocycles. The predicted octanol–water partition coefficient (Wildman–Crippen LogP) is 3.75. The van der Waals surface area contributed by atoms with Gasteiger partial charge in [-0.05, 0) is 49.9 Å².